The van der Waals surface area contributed by atoms with Gasteiger partial charge in [-0.1, -0.05) is 0 Å². The molecule has 4 heteroatoms. The van der Waals surface area contributed by atoms with E-state index in [4.69, 9.17) is 5.73 Å². The molecule has 0 aliphatic carbocycles. The van der Waals surface area contributed by atoms with E-state index in [1.807, 2.05) is 18.2 Å². The quantitative estimate of drug-likeness (QED) is 0.847. The van der Waals surface area contributed by atoms with Crippen LogP contribution in [0, 0.1) is 0 Å². The number of thiazole rings is 1. The Morgan fingerprint density at radius 2 is 2.12 bits per heavy atom. The number of hydrogen-bond donors (Lipinski definition) is 1. The minimum atomic E-state index is 0.826. The molecule has 0 saturated carbocycles. The van der Waals surface area contributed by atoms with Crippen LogP contribution in [0.1, 0.15) is 17.8 Å². The van der Waals surface area contributed by atoms with Crippen LogP contribution in [-0.2, 0) is 6.42 Å². The van der Waals surface area contributed by atoms with E-state index in [0.717, 1.165) is 24.2 Å². The van der Waals surface area contributed by atoms with E-state index in [1.54, 1.807) is 11.3 Å². The summed E-state index contributed by atoms with van der Waals surface area (Å²) in [5.74, 6) is 0. The number of fused-ring (bicyclic) bond motifs is 1. The molecule has 1 fully saturated rings. The number of aromatic nitrogens is 1. The van der Waals surface area contributed by atoms with Crippen LogP contribution >= 0.6 is 11.3 Å². The van der Waals surface area contributed by atoms with Gasteiger partial charge < -0.3 is 10.6 Å². The standard InChI is InChI=1S/C13H17N3S/c14-10-3-4-11-12(9-10)17-13(15-11)5-8-16-6-1-2-7-16/h3-4,9H,1-2,5-8,14H2. The van der Waals surface area contributed by atoms with Gasteiger partial charge in [-0.2, -0.15) is 0 Å². The zero-order chi connectivity index (χ0) is 11.7. The summed E-state index contributed by atoms with van der Waals surface area (Å²) in [5, 5.41) is 1.23. The largest absolute Gasteiger partial charge is 0.399 e. The van der Waals surface area contributed by atoms with Crippen molar-refractivity contribution in [1.29, 1.82) is 0 Å². The highest BCUT2D eigenvalue weighted by Gasteiger charge is 2.12. The number of likely N-dealkylation sites (tertiary alicyclic amines) is 1. The third-order valence-corrected chi connectivity index (χ3v) is 4.38. The van der Waals surface area contributed by atoms with E-state index >= 15 is 0 Å². The molecular weight excluding hydrogens is 230 g/mol. The number of rotatable bonds is 3. The highest BCUT2D eigenvalue weighted by atomic mass is 32.1. The van der Waals surface area contributed by atoms with Crippen LogP contribution in [0.4, 0.5) is 5.69 Å². The fraction of sp³-hybridized carbons (Fsp3) is 0.462. The molecule has 0 amide bonds. The van der Waals surface area contributed by atoms with E-state index in [9.17, 15) is 0 Å². The number of nitrogens with two attached hydrogens (primary N) is 1. The van der Waals surface area contributed by atoms with E-state index < -0.39 is 0 Å². The molecule has 2 aromatic rings. The van der Waals surface area contributed by atoms with Gasteiger partial charge in [0.1, 0.15) is 0 Å². The average molecular weight is 247 g/mol. The molecule has 1 aliphatic rings. The summed E-state index contributed by atoms with van der Waals surface area (Å²) in [6.07, 6.45) is 3.78. The van der Waals surface area contributed by atoms with Crippen LogP contribution in [0.2, 0.25) is 0 Å². The molecule has 90 valence electrons. The van der Waals surface area contributed by atoms with Gasteiger partial charge >= 0.3 is 0 Å². The maximum absolute atomic E-state index is 5.78. The van der Waals surface area contributed by atoms with Crippen molar-refractivity contribution < 1.29 is 0 Å². The van der Waals surface area contributed by atoms with Crippen LogP contribution in [0.3, 0.4) is 0 Å². The summed E-state index contributed by atoms with van der Waals surface area (Å²) in [7, 11) is 0. The molecule has 0 spiro atoms. The Labute approximate surface area is 105 Å². The molecule has 1 aromatic carbocycles. The minimum absolute atomic E-state index is 0.826. The first-order chi connectivity index (χ1) is 8.31. The zero-order valence-electron chi connectivity index (χ0n) is 9.85. The SMILES string of the molecule is Nc1ccc2nc(CCN3CCCC3)sc2c1. The molecule has 3 nitrogen and oxygen atoms in total. The van der Waals surface area contributed by atoms with Crippen LogP contribution in [-0.4, -0.2) is 29.5 Å². The molecule has 1 saturated heterocycles. The van der Waals surface area contributed by atoms with Crippen LogP contribution in [0.15, 0.2) is 18.2 Å². The van der Waals surface area contributed by atoms with Gasteiger partial charge in [0, 0.05) is 18.7 Å². The smallest absolute Gasteiger partial charge is 0.0951 e. The molecule has 0 atom stereocenters. The Morgan fingerprint density at radius 1 is 1.29 bits per heavy atom. The zero-order valence-corrected chi connectivity index (χ0v) is 10.7. The Morgan fingerprint density at radius 3 is 2.94 bits per heavy atom. The maximum atomic E-state index is 5.78. The summed E-state index contributed by atoms with van der Waals surface area (Å²) in [6, 6.07) is 5.96. The minimum Gasteiger partial charge on any atom is -0.399 e. The third kappa shape index (κ3) is 2.42. The molecule has 1 aliphatic heterocycles. The average Bonchev–Trinajstić information content (AvgIpc) is 2.94. The number of anilines is 1. The van der Waals surface area contributed by atoms with Gasteiger partial charge in [0.2, 0.25) is 0 Å². The van der Waals surface area contributed by atoms with Crippen molar-refractivity contribution in [3.8, 4) is 0 Å². The van der Waals surface area contributed by atoms with Gasteiger partial charge in [0.25, 0.3) is 0 Å². The molecule has 3 rings (SSSR count). The summed E-state index contributed by atoms with van der Waals surface area (Å²) >= 11 is 1.78. The van der Waals surface area contributed by atoms with Crippen molar-refractivity contribution in [2.24, 2.45) is 0 Å². The van der Waals surface area contributed by atoms with Crippen molar-refractivity contribution in [3.05, 3.63) is 23.2 Å². The van der Waals surface area contributed by atoms with Crippen molar-refractivity contribution in [2.75, 3.05) is 25.4 Å². The topological polar surface area (TPSA) is 42.1 Å². The molecule has 0 bridgehead atoms. The van der Waals surface area contributed by atoms with Crippen molar-refractivity contribution in [2.45, 2.75) is 19.3 Å². The Kier molecular flexibility index (Phi) is 2.99. The van der Waals surface area contributed by atoms with Gasteiger partial charge in [0.15, 0.2) is 0 Å². The van der Waals surface area contributed by atoms with E-state index in [-0.39, 0.29) is 0 Å². The Hall–Kier alpha value is -1.13. The lowest BCUT2D eigenvalue weighted by Gasteiger charge is -2.12. The summed E-state index contributed by atoms with van der Waals surface area (Å²) in [4.78, 5) is 7.18. The third-order valence-electron chi connectivity index (χ3n) is 3.30. The van der Waals surface area contributed by atoms with Crippen molar-refractivity contribution >= 4 is 27.2 Å². The maximum Gasteiger partial charge on any atom is 0.0951 e. The normalized spacial score (nSPS) is 16.9. The fourth-order valence-electron chi connectivity index (χ4n) is 2.36. The Balaban J connectivity index is 1.72. The first-order valence-corrected chi connectivity index (χ1v) is 7.00. The van der Waals surface area contributed by atoms with Crippen LogP contribution in [0.25, 0.3) is 10.2 Å². The van der Waals surface area contributed by atoms with Crippen LogP contribution in [0.5, 0.6) is 0 Å². The summed E-state index contributed by atoms with van der Waals surface area (Å²) < 4.78 is 1.21. The second-order valence-electron chi connectivity index (χ2n) is 4.63. The van der Waals surface area contributed by atoms with Crippen molar-refractivity contribution in [3.63, 3.8) is 0 Å². The predicted molar refractivity (Wildman–Crippen MR) is 73.4 cm³/mol. The molecule has 2 heterocycles. The summed E-state index contributed by atoms with van der Waals surface area (Å²) in [5.41, 5.74) is 7.69. The summed E-state index contributed by atoms with van der Waals surface area (Å²) in [6.45, 7) is 3.67. The predicted octanol–water partition coefficient (Wildman–Crippen LogP) is 2.52. The number of hydrogen-bond acceptors (Lipinski definition) is 4. The van der Waals surface area contributed by atoms with E-state index in [1.165, 1.54) is 35.6 Å². The van der Waals surface area contributed by atoms with Crippen LogP contribution < -0.4 is 5.73 Å². The molecule has 1 aromatic heterocycles. The molecule has 17 heavy (non-hydrogen) atoms. The fourth-order valence-corrected chi connectivity index (χ4v) is 3.36. The second kappa shape index (κ2) is 4.63. The van der Waals surface area contributed by atoms with E-state index in [0.29, 0.717) is 0 Å². The molecule has 0 unspecified atom stereocenters. The number of benzene rings is 1. The highest BCUT2D eigenvalue weighted by Crippen LogP contribution is 2.24. The lowest BCUT2D eigenvalue weighted by atomic mass is 10.3. The van der Waals surface area contributed by atoms with Crippen molar-refractivity contribution in [1.82, 2.24) is 9.88 Å². The number of nitrogens with zero attached hydrogens (tertiary/aromatic N) is 2. The van der Waals surface area contributed by atoms with Gasteiger partial charge in [0.05, 0.1) is 15.2 Å². The van der Waals surface area contributed by atoms with Gasteiger partial charge in [-0.25, -0.2) is 4.98 Å². The highest BCUT2D eigenvalue weighted by molar-refractivity contribution is 7.18. The first kappa shape index (κ1) is 11.0. The Bertz CT molecular complexity index is 514. The van der Waals surface area contributed by atoms with Gasteiger partial charge in [-0.15, -0.1) is 11.3 Å². The number of nitrogen functional groups attached to an aromatic ring is 1. The lowest BCUT2D eigenvalue weighted by molar-refractivity contribution is 0.343. The monoisotopic (exact) mass is 247 g/mol. The molecular formula is C13H17N3S. The lowest BCUT2D eigenvalue weighted by Crippen LogP contribution is -2.21. The molecule has 0 radical (unpaired) electrons. The van der Waals surface area contributed by atoms with Gasteiger partial charge in [-0.3, -0.25) is 0 Å². The molecule has 2 N–H and O–H groups in total. The van der Waals surface area contributed by atoms with E-state index in [2.05, 4.69) is 9.88 Å². The van der Waals surface area contributed by atoms with Gasteiger partial charge in [-0.05, 0) is 44.1 Å². The second-order valence-corrected chi connectivity index (χ2v) is 5.75. The first-order valence-electron chi connectivity index (χ1n) is 6.18.